The maximum absolute atomic E-state index is 13.1. The maximum Gasteiger partial charge on any atom is 0.255 e. The van der Waals surface area contributed by atoms with Crippen LogP contribution in [0.4, 0.5) is 0 Å². The van der Waals surface area contributed by atoms with Crippen LogP contribution >= 0.6 is 0 Å². The van der Waals surface area contributed by atoms with E-state index in [0.29, 0.717) is 36.6 Å². The lowest BCUT2D eigenvalue weighted by Crippen LogP contribution is -2.41. The standard InChI is InChI=1S/C24H31N3O4/c1-16-6-5-11-25-22(16)14-17(2)26-24(29)21-15-20(30-4)7-8-23(21)31-19-9-12-27(13-10-19)18(3)28/h5-8,11,15,17,19H,9-10,12-14H2,1-4H3,(H,26,29)/t17-/m1/s1. The van der Waals surface area contributed by atoms with Crippen LogP contribution in [0, 0.1) is 6.92 Å². The Labute approximate surface area is 183 Å². The summed E-state index contributed by atoms with van der Waals surface area (Å²) in [5.74, 6) is 0.995. The summed E-state index contributed by atoms with van der Waals surface area (Å²) in [5.41, 5.74) is 2.51. The third kappa shape index (κ3) is 5.96. The summed E-state index contributed by atoms with van der Waals surface area (Å²) in [5, 5.41) is 3.06. The lowest BCUT2D eigenvalue weighted by molar-refractivity contribution is -0.130. The average molecular weight is 426 g/mol. The van der Waals surface area contributed by atoms with Crippen LogP contribution in [0.5, 0.6) is 11.5 Å². The zero-order chi connectivity index (χ0) is 22.4. The number of nitrogens with zero attached hydrogens (tertiary/aromatic N) is 2. The van der Waals surface area contributed by atoms with E-state index in [-0.39, 0.29) is 24.0 Å². The highest BCUT2D eigenvalue weighted by Crippen LogP contribution is 2.27. The highest BCUT2D eigenvalue weighted by Gasteiger charge is 2.24. The highest BCUT2D eigenvalue weighted by atomic mass is 16.5. The minimum absolute atomic E-state index is 0.0378. The minimum atomic E-state index is -0.212. The van der Waals surface area contributed by atoms with E-state index >= 15 is 0 Å². The van der Waals surface area contributed by atoms with Gasteiger partial charge in [0, 0.05) is 57.2 Å². The molecule has 1 aliphatic heterocycles. The molecule has 1 N–H and O–H groups in total. The van der Waals surface area contributed by atoms with Gasteiger partial charge < -0.3 is 19.7 Å². The zero-order valence-corrected chi connectivity index (χ0v) is 18.7. The van der Waals surface area contributed by atoms with Crippen molar-refractivity contribution in [1.82, 2.24) is 15.2 Å². The molecular weight excluding hydrogens is 394 g/mol. The third-order valence-corrected chi connectivity index (χ3v) is 5.61. The first-order valence-corrected chi connectivity index (χ1v) is 10.7. The number of nitrogens with one attached hydrogen (secondary N) is 1. The van der Waals surface area contributed by atoms with Crippen LogP contribution < -0.4 is 14.8 Å². The van der Waals surface area contributed by atoms with Crippen LogP contribution in [0.25, 0.3) is 0 Å². The molecule has 166 valence electrons. The van der Waals surface area contributed by atoms with E-state index in [2.05, 4.69) is 10.3 Å². The smallest absolute Gasteiger partial charge is 0.255 e. The van der Waals surface area contributed by atoms with E-state index in [4.69, 9.17) is 9.47 Å². The largest absolute Gasteiger partial charge is 0.497 e. The van der Waals surface area contributed by atoms with E-state index in [0.717, 1.165) is 24.1 Å². The summed E-state index contributed by atoms with van der Waals surface area (Å²) in [4.78, 5) is 30.9. The number of likely N-dealkylation sites (tertiary alicyclic amines) is 1. The molecule has 2 aromatic rings. The van der Waals surface area contributed by atoms with Gasteiger partial charge in [-0.15, -0.1) is 0 Å². The number of piperidine rings is 1. The lowest BCUT2D eigenvalue weighted by atomic mass is 10.1. The molecule has 1 atom stereocenters. The molecule has 1 fully saturated rings. The van der Waals surface area contributed by atoms with Crippen molar-refractivity contribution in [3.05, 3.63) is 53.3 Å². The van der Waals surface area contributed by atoms with E-state index in [1.807, 2.05) is 30.9 Å². The van der Waals surface area contributed by atoms with Crippen molar-refractivity contribution < 1.29 is 19.1 Å². The van der Waals surface area contributed by atoms with Gasteiger partial charge in [-0.05, 0) is 43.7 Å². The van der Waals surface area contributed by atoms with Crippen molar-refractivity contribution in [3.63, 3.8) is 0 Å². The Morgan fingerprint density at radius 1 is 1.26 bits per heavy atom. The fraction of sp³-hybridized carbons (Fsp3) is 0.458. The number of carbonyl (C=O) groups excluding carboxylic acids is 2. The van der Waals surface area contributed by atoms with Gasteiger partial charge in [0.2, 0.25) is 5.91 Å². The molecule has 31 heavy (non-hydrogen) atoms. The van der Waals surface area contributed by atoms with Crippen LogP contribution in [0.3, 0.4) is 0 Å². The van der Waals surface area contributed by atoms with Crippen LogP contribution in [-0.4, -0.2) is 54.0 Å². The van der Waals surface area contributed by atoms with Crippen molar-refractivity contribution in [1.29, 1.82) is 0 Å². The van der Waals surface area contributed by atoms with Gasteiger partial charge in [0.25, 0.3) is 5.91 Å². The van der Waals surface area contributed by atoms with Crippen LogP contribution in [-0.2, 0) is 11.2 Å². The Kier molecular flexibility index (Phi) is 7.50. The Bertz CT molecular complexity index is 923. The average Bonchev–Trinajstić information content (AvgIpc) is 2.76. The summed E-state index contributed by atoms with van der Waals surface area (Å²) in [6, 6.07) is 9.09. The number of aryl methyl sites for hydroxylation is 1. The van der Waals surface area contributed by atoms with E-state index < -0.39 is 0 Å². The minimum Gasteiger partial charge on any atom is -0.497 e. The fourth-order valence-electron chi connectivity index (χ4n) is 3.76. The molecule has 1 aliphatic rings. The number of benzene rings is 1. The Balaban J connectivity index is 1.69. The number of aromatic nitrogens is 1. The number of amides is 2. The predicted octanol–water partition coefficient (Wildman–Crippen LogP) is 3.15. The van der Waals surface area contributed by atoms with Crippen LogP contribution in [0.2, 0.25) is 0 Å². The molecule has 1 aromatic heterocycles. The highest BCUT2D eigenvalue weighted by molar-refractivity contribution is 5.97. The Hall–Kier alpha value is -3.09. The predicted molar refractivity (Wildman–Crippen MR) is 119 cm³/mol. The molecule has 7 nitrogen and oxygen atoms in total. The topological polar surface area (TPSA) is 80.8 Å². The molecular formula is C24H31N3O4. The van der Waals surface area contributed by atoms with Gasteiger partial charge in [-0.1, -0.05) is 6.07 Å². The normalized spacial score (nSPS) is 15.3. The van der Waals surface area contributed by atoms with Gasteiger partial charge in [0.1, 0.15) is 17.6 Å². The molecule has 2 amide bonds. The maximum atomic E-state index is 13.1. The number of hydrogen-bond donors (Lipinski definition) is 1. The number of carbonyl (C=O) groups is 2. The van der Waals surface area contributed by atoms with Gasteiger partial charge in [0.05, 0.1) is 12.7 Å². The summed E-state index contributed by atoms with van der Waals surface area (Å²) in [6.07, 6.45) is 3.85. The van der Waals surface area contributed by atoms with Gasteiger partial charge in [0.15, 0.2) is 0 Å². The van der Waals surface area contributed by atoms with Crippen LogP contribution in [0.15, 0.2) is 36.5 Å². The van der Waals surface area contributed by atoms with Gasteiger partial charge in [-0.3, -0.25) is 14.6 Å². The van der Waals surface area contributed by atoms with Crippen molar-refractivity contribution in [2.45, 2.75) is 52.2 Å². The summed E-state index contributed by atoms with van der Waals surface area (Å²) < 4.78 is 11.5. The van der Waals surface area contributed by atoms with Crippen molar-refractivity contribution >= 4 is 11.8 Å². The first-order valence-electron chi connectivity index (χ1n) is 10.7. The van der Waals surface area contributed by atoms with E-state index in [9.17, 15) is 9.59 Å². The SMILES string of the molecule is COc1ccc(OC2CCN(C(C)=O)CC2)c(C(=O)N[C@H](C)Cc2ncccc2C)c1. The Morgan fingerprint density at radius 2 is 2.00 bits per heavy atom. The van der Waals surface area contributed by atoms with E-state index in [1.54, 1.807) is 38.4 Å². The first-order chi connectivity index (χ1) is 14.9. The molecule has 2 heterocycles. The summed E-state index contributed by atoms with van der Waals surface area (Å²) in [6.45, 7) is 6.89. The molecule has 0 aliphatic carbocycles. The van der Waals surface area contributed by atoms with Crippen molar-refractivity contribution in [2.24, 2.45) is 0 Å². The number of rotatable bonds is 7. The molecule has 0 bridgehead atoms. The lowest BCUT2D eigenvalue weighted by Gasteiger charge is -2.32. The quantitative estimate of drug-likeness (QED) is 0.737. The van der Waals surface area contributed by atoms with Crippen LogP contribution in [0.1, 0.15) is 48.3 Å². The second kappa shape index (κ2) is 10.3. The molecule has 7 heteroatoms. The number of methoxy groups -OCH3 is 1. The molecule has 1 aromatic carbocycles. The second-order valence-electron chi connectivity index (χ2n) is 8.03. The zero-order valence-electron chi connectivity index (χ0n) is 18.7. The molecule has 0 spiro atoms. The fourth-order valence-corrected chi connectivity index (χ4v) is 3.76. The first kappa shape index (κ1) is 22.6. The molecule has 0 radical (unpaired) electrons. The molecule has 0 unspecified atom stereocenters. The summed E-state index contributed by atoms with van der Waals surface area (Å²) >= 11 is 0. The van der Waals surface area contributed by atoms with E-state index in [1.165, 1.54) is 0 Å². The number of pyridine rings is 1. The molecule has 1 saturated heterocycles. The van der Waals surface area contributed by atoms with Crippen molar-refractivity contribution in [2.75, 3.05) is 20.2 Å². The second-order valence-corrected chi connectivity index (χ2v) is 8.03. The number of hydrogen-bond acceptors (Lipinski definition) is 5. The summed E-state index contributed by atoms with van der Waals surface area (Å²) in [7, 11) is 1.57. The molecule has 0 saturated carbocycles. The Morgan fingerprint density at radius 3 is 2.65 bits per heavy atom. The van der Waals surface area contributed by atoms with Gasteiger partial charge in [-0.25, -0.2) is 0 Å². The third-order valence-electron chi connectivity index (χ3n) is 5.61. The number of ether oxygens (including phenoxy) is 2. The monoisotopic (exact) mass is 425 g/mol. The van der Waals surface area contributed by atoms with Gasteiger partial charge >= 0.3 is 0 Å². The van der Waals surface area contributed by atoms with Crippen molar-refractivity contribution in [3.8, 4) is 11.5 Å². The van der Waals surface area contributed by atoms with Gasteiger partial charge in [-0.2, -0.15) is 0 Å². The molecule has 3 rings (SSSR count).